The number of carbonyl (C=O) groups is 2. The average Bonchev–Trinajstić information content (AvgIpc) is 2.61. The molecule has 1 atom stereocenters. The largest absolute Gasteiger partial charge is 0.467 e. The lowest BCUT2D eigenvalue weighted by atomic mass is 9.49. The standard InChI is InChI=1S/C22H35NO3/c1-3-4-5-6-7-8-9-19(20(24)26-2)23-21(25)22-13-16-10-17(14-22)12-18(11-16)15-22/h3,16-19H,1,4-15H2,2H3,(H,23,25)/t16?,17?,18?,19-,22?/m0/s1. The molecule has 0 spiro atoms. The Labute approximate surface area is 158 Å². The number of carbonyl (C=O) groups excluding carboxylic acids is 2. The summed E-state index contributed by atoms with van der Waals surface area (Å²) in [6.07, 6.45) is 15.0. The Morgan fingerprint density at radius 3 is 2.19 bits per heavy atom. The van der Waals surface area contributed by atoms with Crippen molar-refractivity contribution in [3.05, 3.63) is 12.7 Å². The summed E-state index contributed by atoms with van der Waals surface area (Å²) in [6, 6.07) is -0.486. The Bertz CT molecular complexity index is 492. The molecule has 0 heterocycles. The van der Waals surface area contributed by atoms with Crippen molar-refractivity contribution in [1.29, 1.82) is 0 Å². The maximum atomic E-state index is 13.2. The molecule has 4 fully saturated rings. The minimum atomic E-state index is -0.486. The molecule has 4 heteroatoms. The lowest BCUT2D eigenvalue weighted by Gasteiger charge is -2.55. The van der Waals surface area contributed by atoms with Gasteiger partial charge in [0.2, 0.25) is 5.91 Å². The van der Waals surface area contributed by atoms with E-state index in [4.69, 9.17) is 4.74 Å². The summed E-state index contributed by atoms with van der Waals surface area (Å²) in [5.74, 6) is 2.02. The van der Waals surface area contributed by atoms with Crippen molar-refractivity contribution in [2.45, 2.75) is 83.1 Å². The van der Waals surface area contributed by atoms with Gasteiger partial charge < -0.3 is 10.1 Å². The number of esters is 1. The first kappa shape index (κ1) is 19.4. The van der Waals surface area contributed by atoms with Crippen molar-refractivity contribution in [2.24, 2.45) is 23.2 Å². The predicted molar refractivity (Wildman–Crippen MR) is 102 cm³/mol. The maximum absolute atomic E-state index is 13.2. The summed E-state index contributed by atoms with van der Waals surface area (Å²) in [7, 11) is 1.41. The molecule has 1 N–H and O–H groups in total. The maximum Gasteiger partial charge on any atom is 0.328 e. The minimum absolute atomic E-state index is 0.124. The first-order valence-electron chi connectivity index (χ1n) is 10.6. The second-order valence-electron chi connectivity index (χ2n) is 9.03. The van der Waals surface area contributed by atoms with E-state index in [1.807, 2.05) is 6.08 Å². The van der Waals surface area contributed by atoms with Gasteiger partial charge in [-0.25, -0.2) is 4.79 Å². The molecular weight excluding hydrogens is 326 g/mol. The van der Waals surface area contributed by atoms with E-state index in [1.54, 1.807) is 0 Å². The van der Waals surface area contributed by atoms with Crippen LogP contribution in [-0.2, 0) is 14.3 Å². The van der Waals surface area contributed by atoms with Gasteiger partial charge in [-0.15, -0.1) is 6.58 Å². The zero-order valence-corrected chi connectivity index (χ0v) is 16.3. The fraction of sp³-hybridized carbons (Fsp3) is 0.818. The van der Waals surface area contributed by atoms with Crippen LogP contribution in [0.4, 0.5) is 0 Å². The van der Waals surface area contributed by atoms with Crippen LogP contribution in [0, 0.1) is 23.2 Å². The zero-order valence-electron chi connectivity index (χ0n) is 16.3. The van der Waals surface area contributed by atoms with Crippen LogP contribution in [0.1, 0.15) is 77.0 Å². The third-order valence-corrected chi connectivity index (χ3v) is 6.96. The van der Waals surface area contributed by atoms with Crippen LogP contribution in [0.5, 0.6) is 0 Å². The van der Waals surface area contributed by atoms with Crippen molar-refractivity contribution in [1.82, 2.24) is 5.32 Å². The molecule has 4 bridgehead atoms. The molecule has 1 amide bonds. The summed E-state index contributed by atoms with van der Waals surface area (Å²) in [5, 5.41) is 3.10. The molecule has 0 saturated heterocycles. The third kappa shape index (κ3) is 4.32. The number of allylic oxidation sites excluding steroid dienone is 1. The van der Waals surface area contributed by atoms with E-state index >= 15 is 0 Å². The number of hydrogen-bond acceptors (Lipinski definition) is 3. The van der Waals surface area contributed by atoms with Gasteiger partial charge in [0.05, 0.1) is 7.11 Å². The number of amides is 1. The van der Waals surface area contributed by atoms with Crippen molar-refractivity contribution in [2.75, 3.05) is 7.11 Å². The SMILES string of the molecule is C=CCCCCCC[C@H](NC(=O)C12CC3CC(CC(C3)C1)C2)C(=O)OC. The number of unbranched alkanes of at least 4 members (excludes halogenated alkanes) is 4. The van der Waals surface area contributed by atoms with E-state index in [0.717, 1.165) is 69.1 Å². The van der Waals surface area contributed by atoms with E-state index in [9.17, 15) is 9.59 Å². The van der Waals surface area contributed by atoms with Crippen LogP contribution in [0.25, 0.3) is 0 Å². The van der Waals surface area contributed by atoms with Gasteiger partial charge in [-0.3, -0.25) is 4.79 Å². The van der Waals surface area contributed by atoms with Crippen LogP contribution in [0.2, 0.25) is 0 Å². The number of nitrogens with one attached hydrogen (secondary N) is 1. The highest BCUT2D eigenvalue weighted by molar-refractivity contribution is 5.88. The first-order chi connectivity index (χ1) is 12.6. The molecule has 0 aromatic carbocycles. The van der Waals surface area contributed by atoms with Gasteiger partial charge in [0.25, 0.3) is 0 Å². The van der Waals surface area contributed by atoms with Crippen LogP contribution >= 0.6 is 0 Å². The molecule has 146 valence electrons. The molecule has 4 saturated carbocycles. The fourth-order valence-corrected chi connectivity index (χ4v) is 6.08. The second kappa shape index (κ2) is 8.58. The Morgan fingerprint density at radius 2 is 1.65 bits per heavy atom. The first-order valence-corrected chi connectivity index (χ1v) is 10.6. The predicted octanol–water partition coefficient (Wildman–Crippen LogP) is 4.39. The highest BCUT2D eigenvalue weighted by Crippen LogP contribution is 2.60. The Morgan fingerprint density at radius 1 is 1.08 bits per heavy atom. The Kier molecular flexibility index (Phi) is 6.42. The molecule has 4 nitrogen and oxygen atoms in total. The van der Waals surface area contributed by atoms with E-state index < -0.39 is 6.04 Å². The lowest BCUT2D eigenvalue weighted by molar-refractivity contribution is -0.153. The summed E-state index contributed by atoms with van der Waals surface area (Å²) >= 11 is 0. The Hall–Kier alpha value is -1.32. The molecule has 0 radical (unpaired) electrons. The smallest absolute Gasteiger partial charge is 0.328 e. The molecule has 26 heavy (non-hydrogen) atoms. The molecule has 4 aliphatic rings. The monoisotopic (exact) mass is 361 g/mol. The van der Waals surface area contributed by atoms with Gasteiger partial charge in [0.15, 0.2) is 0 Å². The van der Waals surface area contributed by atoms with E-state index in [-0.39, 0.29) is 17.3 Å². The van der Waals surface area contributed by atoms with Crippen molar-refractivity contribution >= 4 is 11.9 Å². The zero-order chi connectivity index (χ0) is 18.6. The van der Waals surface area contributed by atoms with Gasteiger partial charge in [-0.1, -0.05) is 25.3 Å². The minimum Gasteiger partial charge on any atom is -0.467 e. The topological polar surface area (TPSA) is 55.4 Å². The van der Waals surface area contributed by atoms with Crippen LogP contribution in [-0.4, -0.2) is 25.0 Å². The summed E-state index contributed by atoms with van der Waals surface area (Å²) in [4.78, 5) is 25.4. The summed E-state index contributed by atoms with van der Waals surface area (Å²) in [6.45, 7) is 3.74. The second-order valence-corrected chi connectivity index (χ2v) is 9.03. The summed E-state index contributed by atoms with van der Waals surface area (Å²) < 4.78 is 4.96. The van der Waals surface area contributed by atoms with Crippen molar-refractivity contribution < 1.29 is 14.3 Å². The van der Waals surface area contributed by atoms with E-state index in [0.29, 0.717) is 6.42 Å². The quantitative estimate of drug-likeness (QED) is 0.357. The molecule has 0 aromatic rings. The number of rotatable bonds is 10. The molecule has 0 aromatic heterocycles. The highest BCUT2D eigenvalue weighted by atomic mass is 16.5. The van der Waals surface area contributed by atoms with Crippen molar-refractivity contribution in [3.8, 4) is 0 Å². The lowest BCUT2D eigenvalue weighted by Crippen LogP contribution is -2.56. The van der Waals surface area contributed by atoms with Gasteiger partial charge in [0.1, 0.15) is 6.04 Å². The van der Waals surface area contributed by atoms with Crippen LogP contribution < -0.4 is 5.32 Å². The van der Waals surface area contributed by atoms with Gasteiger partial charge in [0, 0.05) is 5.41 Å². The molecule has 0 aliphatic heterocycles. The van der Waals surface area contributed by atoms with E-state index in [2.05, 4.69) is 11.9 Å². The molecule has 4 rings (SSSR count). The van der Waals surface area contributed by atoms with Crippen LogP contribution in [0.15, 0.2) is 12.7 Å². The molecule has 4 aliphatic carbocycles. The molecular formula is C22H35NO3. The number of ether oxygens (including phenoxy) is 1. The van der Waals surface area contributed by atoms with Crippen molar-refractivity contribution in [3.63, 3.8) is 0 Å². The Balaban J connectivity index is 1.54. The number of methoxy groups -OCH3 is 1. The third-order valence-electron chi connectivity index (χ3n) is 6.96. The normalized spacial score (nSPS) is 32.9. The average molecular weight is 362 g/mol. The highest BCUT2D eigenvalue weighted by Gasteiger charge is 2.54. The fourth-order valence-electron chi connectivity index (χ4n) is 6.08. The summed E-state index contributed by atoms with van der Waals surface area (Å²) in [5.41, 5.74) is -0.203. The van der Waals surface area contributed by atoms with Gasteiger partial charge in [-0.05, 0) is 75.5 Å². The van der Waals surface area contributed by atoms with Gasteiger partial charge >= 0.3 is 5.97 Å². The van der Waals surface area contributed by atoms with Crippen LogP contribution in [0.3, 0.4) is 0 Å². The molecule has 0 unspecified atom stereocenters. The van der Waals surface area contributed by atoms with Gasteiger partial charge in [-0.2, -0.15) is 0 Å². The number of hydrogen-bond donors (Lipinski definition) is 1. The van der Waals surface area contributed by atoms with E-state index in [1.165, 1.54) is 26.4 Å².